The van der Waals surface area contributed by atoms with Crippen molar-refractivity contribution in [3.8, 4) is 17.0 Å². The highest BCUT2D eigenvalue weighted by Crippen LogP contribution is 2.28. The standard InChI is InChI=1S/C23H28N4O3/c28-22(25-20-7-3-2-6-19(20)21-16-24-23(29)26-21)17-8-10-18(11-9-17)30-15-14-27-12-4-1-5-13-27/h2-3,6-11,16,22,25,28H,1,4-5,12-15H2,(H2,24,26,29). The third kappa shape index (κ3) is 5.11. The Balaban J connectivity index is 1.35. The van der Waals surface area contributed by atoms with Crippen molar-refractivity contribution in [3.63, 3.8) is 0 Å². The Bertz CT molecular complexity index is 990. The fourth-order valence-electron chi connectivity index (χ4n) is 3.77. The number of para-hydroxylation sites is 1. The van der Waals surface area contributed by atoms with Crippen molar-refractivity contribution in [2.24, 2.45) is 0 Å². The number of aromatic amines is 2. The Morgan fingerprint density at radius 2 is 1.83 bits per heavy atom. The highest BCUT2D eigenvalue weighted by atomic mass is 16.5. The van der Waals surface area contributed by atoms with Crippen LogP contribution in [0.4, 0.5) is 5.69 Å². The van der Waals surface area contributed by atoms with Gasteiger partial charge in [-0.15, -0.1) is 0 Å². The lowest BCUT2D eigenvalue weighted by Gasteiger charge is -2.26. The fraction of sp³-hybridized carbons (Fsp3) is 0.348. The minimum atomic E-state index is -0.890. The first kappa shape index (κ1) is 20.3. The lowest BCUT2D eigenvalue weighted by atomic mass is 10.1. The number of imidazole rings is 1. The molecule has 0 aliphatic carbocycles. The molecule has 0 bridgehead atoms. The molecule has 1 aliphatic rings. The molecule has 2 aromatic carbocycles. The summed E-state index contributed by atoms with van der Waals surface area (Å²) in [6.45, 7) is 3.95. The predicted molar refractivity (Wildman–Crippen MR) is 118 cm³/mol. The molecule has 1 aromatic heterocycles. The molecule has 1 saturated heterocycles. The number of nitrogens with zero attached hydrogens (tertiary/aromatic N) is 1. The highest BCUT2D eigenvalue weighted by molar-refractivity contribution is 5.75. The van der Waals surface area contributed by atoms with Crippen LogP contribution < -0.4 is 15.7 Å². The molecule has 1 fully saturated rings. The number of aliphatic hydroxyl groups excluding tert-OH is 1. The molecule has 0 spiro atoms. The average molecular weight is 409 g/mol. The lowest BCUT2D eigenvalue weighted by Crippen LogP contribution is -2.33. The van der Waals surface area contributed by atoms with E-state index in [1.54, 1.807) is 6.20 Å². The summed E-state index contributed by atoms with van der Waals surface area (Å²) in [5.41, 5.74) is 2.65. The second kappa shape index (κ2) is 9.65. The van der Waals surface area contributed by atoms with Gasteiger partial charge < -0.3 is 25.1 Å². The van der Waals surface area contributed by atoms with Crippen molar-refractivity contribution in [3.05, 3.63) is 70.8 Å². The maximum atomic E-state index is 11.4. The van der Waals surface area contributed by atoms with E-state index in [9.17, 15) is 9.90 Å². The lowest BCUT2D eigenvalue weighted by molar-refractivity contribution is 0.183. The van der Waals surface area contributed by atoms with Gasteiger partial charge in [0.25, 0.3) is 0 Å². The van der Waals surface area contributed by atoms with E-state index in [1.807, 2.05) is 48.5 Å². The second-order valence-electron chi connectivity index (χ2n) is 7.57. The van der Waals surface area contributed by atoms with Gasteiger partial charge in [-0.2, -0.15) is 0 Å². The normalized spacial score (nSPS) is 15.6. The van der Waals surface area contributed by atoms with Crippen LogP contribution in [0.3, 0.4) is 0 Å². The SMILES string of the molecule is O=c1[nH]cc(-c2ccccc2NC(O)c2ccc(OCCN3CCCCC3)cc2)[nH]1. The van der Waals surface area contributed by atoms with E-state index in [4.69, 9.17) is 4.74 Å². The van der Waals surface area contributed by atoms with Crippen molar-refractivity contribution in [1.82, 2.24) is 14.9 Å². The van der Waals surface area contributed by atoms with Crippen LogP contribution >= 0.6 is 0 Å². The molecule has 2 heterocycles. The van der Waals surface area contributed by atoms with Crippen LogP contribution in [-0.4, -0.2) is 46.2 Å². The van der Waals surface area contributed by atoms with Crippen molar-refractivity contribution in [1.29, 1.82) is 0 Å². The molecule has 0 amide bonds. The van der Waals surface area contributed by atoms with Crippen molar-refractivity contribution in [2.75, 3.05) is 31.6 Å². The first-order chi connectivity index (χ1) is 14.7. The molecule has 4 rings (SSSR count). The summed E-state index contributed by atoms with van der Waals surface area (Å²) >= 11 is 0. The van der Waals surface area contributed by atoms with Crippen LogP contribution in [-0.2, 0) is 0 Å². The smallest absolute Gasteiger partial charge is 0.323 e. The van der Waals surface area contributed by atoms with Crippen molar-refractivity contribution in [2.45, 2.75) is 25.5 Å². The zero-order valence-corrected chi connectivity index (χ0v) is 16.9. The van der Waals surface area contributed by atoms with Crippen LogP contribution in [0.25, 0.3) is 11.3 Å². The van der Waals surface area contributed by atoms with E-state index in [0.29, 0.717) is 12.3 Å². The Hall–Kier alpha value is -3.03. The van der Waals surface area contributed by atoms with Crippen LogP contribution in [0.1, 0.15) is 31.1 Å². The number of hydrogen-bond donors (Lipinski definition) is 4. The average Bonchev–Trinajstić information content (AvgIpc) is 3.21. The molecule has 1 unspecified atom stereocenters. The summed E-state index contributed by atoms with van der Waals surface area (Å²) < 4.78 is 5.86. The number of likely N-dealkylation sites (tertiary alicyclic amines) is 1. The summed E-state index contributed by atoms with van der Waals surface area (Å²) in [5.74, 6) is 0.799. The first-order valence-electron chi connectivity index (χ1n) is 10.5. The van der Waals surface area contributed by atoms with Gasteiger partial charge in [-0.05, 0) is 44.1 Å². The number of ether oxygens (including phenoxy) is 1. The minimum absolute atomic E-state index is 0.267. The third-order valence-electron chi connectivity index (χ3n) is 5.43. The van der Waals surface area contributed by atoms with Gasteiger partial charge in [0.05, 0.1) is 5.69 Å². The minimum Gasteiger partial charge on any atom is -0.492 e. The van der Waals surface area contributed by atoms with Gasteiger partial charge in [0.15, 0.2) is 6.23 Å². The van der Waals surface area contributed by atoms with Gasteiger partial charge in [-0.3, -0.25) is 4.90 Å². The number of anilines is 1. The molecule has 30 heavy (non-hydrogen) atoms. The molecular formula is C23H28N4O3. The number of piperidine rings is 1. The predicted octanol–water partition coefficient (Wildman–Crippen LogP) is 3.34. The molecule has 4 N–H and O–H groups in total. The third-order valence-corrected chi connectivity index (χ3v) is 5.43. The van der Waals surface area contributed by atoms with Gasteiger partial charge in [0.1, 0.15) is 12.4 Å². The summed E-state index contributed by atoms with van der Waals surface area (Å²) in [6.07, 6.45) is 4.62. The topological polar surface area (TPSA) is 93.4 Å². The number of aliphatic hydroxyl groups is 1. The van der Waals surface area contributed by atoms with Crippen molar-refractivity contribution < 1.29 is 9.84 Å². The number of hydrogen-bond acceptors (Lipinski definition) is 5. The van der Waals surface area contributed by atoms with Crippen LogP contribution in [0.2, 0.25) is 0 Å². The van der Waals surface area contributed by atoms with Crippen LogP contribution in [0, 0.1) is 0 Å². The second-order valence-corrected chi connectivity index (χ2v) is 7.57. The summed E-state index contributed by atoms with van der Waals surface area (Å²) in [6, 6.07) is 15.0. The van der Waals surface area contributed by atoms with E-state index < -0.39 is 6.23 Å². The molecule has 158 valence electrons. The molecule has 1 atom stereocenters. The zero-order valence-electron chi connectivity index (χ0n) is 16.9. The molecular weight excluding hydrogens is 380 g/mol. The molecule has 0 saturated carbocycles. The fourth-order valence-corrected chi connectivity index (χ4v) is 3.77. The summed E-state index contributed by atoms with van der Waals surface area (Å²) in [7, 11) is 0. The highest BCUT2D eigenvalue weighted by Gasteiger charge is 2.13. The molecule has 1 aliphatic heterocycles. The number of benzene rings is 2. The van der Waals surface area contributed by atoms with Gasteiger partial charge in [0, 0.05) is 29.6 Å². The van der Waals surface area contributed by atoms with Crippen LogP contribution in [0.5, 0.6) is 5.75 Å². The molecule has 7 nitrogen and oxygen atoms in total. The quantitative estimate of drug-likeness (QED) is 0.429. The van der Waals surface area contributed by atoms with E-state index in [2.05, 4.69) is 20.2 Å². The van der Waals surface area contributed by atoms with Crippen LogP contribution in [0.15, 0.2) is 59.5 Å². The van der Waals surface area contributed by atoms with Gasteiger partial charge in [-0.25, -0.2) is 4.79 Å². The van der Waals surface area contributed by atoms with Gasteiger partial charge in [-0.1, -0.05) is 36.8 Å². The molecule has 3 aromatic rings. The number of aromatic nitrogens is 2. The number of nitrogens with one attached hydrogen (secondary N) is 3. The van der Waals surface area contributed by atoms with Gasteiger partial charge >= 0.3 is 5.69 Å². The maximum Gasteiger partial charge on any atom is 0.323 e. The monoisotopic (exact) mass is 408 g/mol. The van der Waals surface area contributed by atoms with E-state index in [1.165, 1.54) is 19.3 Å². The largest absolute Gasteiger partial charge is 0.492 e. The number of rotatable bonds is 8. The van der Waals surface area contributed by atoms with E-state index in [-0.39, 0.29) is 5.69 Å². The Labute approximate surface area is 175 Å². The van der Waals surface area contributed by atoms with Gasteiger partial charge in [0.2, 0.25) is 0 Å². The molecule has 0 radical (unpaired) electrons. The Morgan fingerprint density at radius 3 is 2.57 bits per heavy atom. The summed E-state index contributed by atoms with van der Waals surface area (Å²) in [4.78, 5) is 19.2. The first-order valence-corrected chi connectivity index (χ1v) is 10.5. The number of H-pyrrole nitrogens is 2. The zero-order chi connectivity index (χ0) is 20.8. The molecule has 7 heteroatoms. The van der Waals surface area contributed by atoms with E-state index >= 15 is 0 Å². The summed E-state index contributed by atoms with van der Waals surface area (Å²) in [5, 5.41) is 13.8. The van der Waals surface area contributed by atoms with Crippen molar-refractivity contribution >= 4 is 5.69 Å². The maximum absolute atomic E-state index is 11.4. The van der Waals surface area contributed by atoms with E-state index in [0.717, 1.165) is 42.2 Å². The Morgan fingerprint density at radius 1 is 1.07 bits per heavy atom. The Kier molecular flexibility index (Phi) is 6.51.